The fourth-order valence-electron chi connectivity index (χ4n) is 1.93. The lowest BCUT2D eigenvalue weighted by Crippen LogP contribution is -2.35. The Hall–Kier alpha value is -0.570. The van der Waals surface area contributed by atoms with E-state index >= 15 is 0 Å². The van der Waals surface area contributed by atoms with Crippen LogP contribution in [0.2, 0.25) is 5.02 Å². The van der Waals surface area contributed by atoms with E-state index in [1.807, 2.05) is 6.07 Å². The maximum absolute atomic E-state index is 6.26. The Morgan fingerprint density at radius 2 is 2.06 bits per heavy atom. The highest BCUT2D eigenvalue weighted by molar-refractivity contribution is 6.31. The quantitative estimate of drug-likeness (QED) is 0.766. The smallest absolute Gasteiger partial charge is 0.0587 e. The van der Waals surface area contributed by atoms with E-state index in [9.17, 15) is 0 Å². The molecule has 0 saturated carbocycles. The first-order valence-electron chi connectivity index (χ1n) is 6.52. The number of ether oxygens (including phenoxy) is 1. The molecule has 1 rings (SSSR count). The van der Waals surface area contributed by atoms with Gasteiger partial charge in [-0.15, -0.1) is 0 Å². The lowest BCUT2D eigenvalue weighted by atomic mass is 9.94. The van der Waals surface area contributed by atoms with Crippen molar-refractivity contribution < 1.29 is 4.74 Å². The van der Waals surface area contributed by atoms with Crippen LogP contribution in [0.1, 0.15) is 25.0 Å². The van der Waals surface area contributed by atoms with Gasteiger partial charge in [0.25, 0.3) is 0 Å². The topological polar surface area (TPSA) is 21.3 Å². The van der Waals surface area contributed by atoms with Gasteiger partial charge in [0.15, 0.2) is 0 Å². The number of rotatable bonds is 7. The van der Waals surface area contributed by atoms with Gasteiger partial charge in [0, 0.05) is 24.7 Å². The molecule has 0 aliphatic heterocycles. The molecule has 0 spiro atoms. The molecule has 0 saturated heterocycles. The molecule has 2 atom stereocenters. The molecule has 0 bridgehead atoms. The normalized spacial score (nSPS) is 14.5. The van der Waals surface area contributed by atoms with E-state index in [1.165, 1.54) is 11.1 Å². The monoisotopic (exact) mass is 269 g/mol. The van der Waals surface area contributed by atoms with Crippen molar-refractivity contribution in [3.63, 3.8) is 0 Å². The van der Waals surface area contributed by atoms with Crippen molar-refractivity contribution in [2.75, 3.05) is 20.3 Å². The number of nitrogens with one attached hydrogen (secondary N) is 1. The Labute approximate surface area is 116 Å². The molecule has 1 N–H and O–H groups in total. The summed E-state index contributed by atoms with van der Waals surface area (Å²) in [4.78, 5) is 0. The molecule has 102 valence electrons. The number of hydrogen-bond donors (Lipinski definition) is 1. The van der Waals surface area contributed by atoms with Gasteiger partial charge in [-0.1, -0.05) is 30.7 Å². The van der Waals surface area contributed by atoms with Crippen LogP contribution in [-0.4, -0.2) is 26.3 Å². The van der Waals surface area contributed by atoms with E-state index in [4.69, 9.17) is 16.3 Å². The minimum absolute atomic E-state index is 0.456. The van der Waals surface area contributed by atoms with Crippen molar-refractivity contribution in [1.82, 2.24) is 5.32 Å². The minimum atomic E-state index is 0.456. The predicted octanol–water partition coefficient (Wildman–Crippen LogP) is 3.45. The summed E-state index contributed by atoms with van der Waals surface area (Å²) in [6, 6.07) is 6.75. The highest BCUT2D eigenvalue weighted by Crippen LogP contribution is 2.21. The van der Waals surface area contributed by atoms with E-state index < -0.39 is 0 Å². The zero-order valence-electron chi connectivity index (χ0n) is 11.8. The third kappa shape index (κ3) is 4.97. The molecule has 2 unspecified atom stereocenters. The van der Waals surface area contributed by atoms with Crippen molar-refractivity contribution in [1.29, 1.82) is 0 Å². The Kier molecular flexibility index (Phi) is 6.69. The third-order valence-electron chi connectivity index (χ3n) is 3.38. The lowest BCUT2D eigenvalue weighted by Gasteiger charge is -2.22. The van der Waals surface area contributed by atoms with Gasteiger partial charge >= 0.3 is 0 Å². The zero-order valence-corrected chi connectivity index (χ0v) is 12.6. The summed E-state index contributed by atoms with van der Waals surface area (Å²) in [5.41, 5.74) is 2.44. The molecule has 0 amide bonds. The van der Waals surface area contributed by atoms with Gasteiger partial charge in [-0.3, -0.25) is 0 Å². The van der Waals surface area contributed by atoms with Crippen molar-refractivity contribution in [2.24, 2.45) is 5.92 Å². The summed E-state index contributed by atoms with van der Waals surface area (Å²) in [6.45, 7) is 8.17. The van der Waals surface area contributed by atoms with E-state index in [2.05, 4.69) is 38.2 Å². The molecule has 1 aromatic carbocycles. The van der Waals surface area contributed by atoms with Gasteiger partial charge < -0.3 is 10.1 Å². The SMILES string of the molecule is COCCNC(C)C(C)Cc1ccc(C)cc1Cl. The van der Waals surface area contributed by atoms with Gasteiger partial charge in [-0.2, -0.15) is 0 Å². The summed E-state index contributed by atoms with van der Waals surface area (Å²) < 4.78 is 5.04. The second-order valence-corrected chi connectivity index (χ2v) is 5.42. The van der Waals surface area contributed by atoms with Crippen LogP contribution >= 0.6 is 11.6 Å². The average Bonchev–Trinajstić information content (AvgIpc) is 2.32. The molecule has 1 aromatic rings. The number of halogens is 1. The molecule has 2 nitrogen and oxygen atoms in total. The van der Waals surface area contributed by atoms with E-state index in [-0.39, 0.29) is 0 Å². The molecule has 0 fully saturated rings. The van der Waals surface area contributed by atoms with E-state index in [1.54, 1.807) is 7.11 Å². The average molecular weight is 270 g/mol. The van der Waals surface area contributed by atoms with Gasteiger partial charge in [0.05, 0.1) is 6.61 Å². The van der Waals surface area contributed by atoms with Gasteiger partial charge in [-0.05, 0) is 43.4 Å². The fraction of sp³-hybridized carbons (Fsp3) is 0.600. The highest BCUT2D eigenvalue weighted by Gasteiger charge is 2.13. The Morgan fingerprint density at radius 3 is 2.67 bits per heavy atom. The van der Waals surface area contributed by atoms with Crippen molar-refractivity contribution in [3.05, 3.63) is 34.3 Å². The predicted molar refractivity (Wildman–Crippen MR) is 78.4 cm³/mol. The van der Waals surface area contributed by atoms with Crippen molar-refractivity contribution in [3.8, 4) is 0 Å². The summed E-state index contributed by atoms with van der Waals surface area (Å²) in [5, 5.41) is 4.35. The van der Waals surface area contributed by atoms with Crippen LogP contribution in [0, 0.1) is 12.8 Å². The first-order chi connectivity index (χ1) is 8.54. The number of hydrogen-bond acceptors (Lipinski definition) is 2. The van der Waals surface area contributed by atoms with Crippen LogP contribution in [-0.2, 0) is 11.2 Å². The first kappa shape index (κ1) is 15.5. The largest absolute Gasteiger partial charge is 0.383 e. The molecule has 0 radical (unpaired) electrons. The summed E-state index contributed by atoms with van der Waals surface area (Å²) in [5.74, 6) is 0.544. The zero-order chi connectivity index (χ0) is 13.5. The number of aryl methyl sites for hydroxylation is 1. The van der Waals surface area contributed by atoms with Crippen molar-refractivity contribution >= 4 is 11.6 Å². The summed E-state index contributed by atoms with van der Waals surface area (Å²) in [6.07, 6.45) is 1.00. The standard InChI is InChI=1S/C15H24ClNO/c1-11-5-6-14(15(16)9-11)10-12(2)13(3)17-7-8-18-4/h5-6,9,12-13,17H,7-8,10H2,1-4H3. The maximum atomic E-state index is 6.26. The third-order valence-corrected chi connectivity index (χ3v) is 3.73. The van der Waals surface area contributed by atoms with E-state index in [0.717, 1.165) is 24.6 Å². The molecular formula is C15H24ClNO. The Bertz CT molecular complexity index is 368. The lowest BCUT2D eigenvalue weighted by molar-refractivity contribution is 0.192. The first-order valence-corrected chi connectivity index (χ1v) is 6.89. The fourth-order valence-corrected chi connectivity index (χ4v) is 2.24. The number of benzene rings is 1. The van der Waals surface area contributed by atoms with Crippen LogP contribution in [0.4, 0.5) is 0 Å². The maximum Gasteiger partial charge on any atom is 0.0587 e. The minimum Gasteiger partial charge on any atom is -0.383 e. The van der Waals surface area contributed by atoms with Crippen LogP contribution in [0.5, 0.6) is 0 Å². The molecule has 0 heterocycles. The van der Waals surface area contributed by atoms with E-state index in [0.29, 0.717) is 12.0 Å². The van der Waals surface area contributed by atoms with Crippen LogP contribution in [0.25, 0.3) is 0 Å². The van der Waals surface area contributed by atoms with Crippen LogP contribution in [0.3, 0.4) is 0 Å². The van der Waals surface area contributed by atoms with Crippen LogP contribution in [0.15, 0.2) is 18.2 Å². The molecule has 0 aromatic heterocycles. The molecule has 3 heteroatoms. The van der Waals surface area contributed by atoms with Crippen molar-refractivity contribution in [2.45, 2.75) is 33.2 Å². The Morgan fingerprint density at radius 1 is 1.33 bits per heavy atom. The molecule has 0 aliphatic rings. The second kappa shape index (κ2) is 7.78. The summed E-state index contributed by atoms with van der Waals surface area (Å²) >= 11 is 6.26. The van der Waals surface area contributed by atoms with Gasteiger partial charge in [0.1, 0.15) is 0 Å². The Balaban J connectivity index is 2.50. The van der Waals surface area contributed by atoms with Gasteiger partial charge in [0.2, 0.25) is 0 Å². The molecule has 0 aliphatic carbocycles. The highest BCUT2D eigenvalue weighted by atomic mass is 35.5. The van der Waals surface area contributed by atoms with Crippen LogP contribution < -0.4 is 5.32 Å². The van der Waals surface area contributed by atoms with Gasteiger partial charge in [-0.25, -0.2) is 0 Å². The molecular weight excluding hydrogens is 246 g/mol. The number of methoxy groups -OCH3 is 1. The second-order valence-electron chi connectivity index (χ2n) is 5.01. The molecule has 18 heavy (non-hydrogen) atoms. The summed E-state index contributed by atoms with van der Waals surface area (Å²) in [7, 11) is 1.72.